The molecule has 0 saturated carbocycles. The molecule has 0 bridgehead atoms. The zero-order chi connectivity index (χ0) is 23.6. The third kappa shape index (κ3) is 6.82. The number of aryl methyl sites for hydroxylation is 1. The van der Waals surface area contributed by atoms with Gasteiger partial charge in [-0.3, -0.25) is 9.71 Å². The molecule has 7 N–H and O–H groups in total. The molecule has 0 aliphatic heterocycles. The number of benzene rings is 1. The Morgan fingerprint density at radius 1 is 1.27 bits per heavy atom. The van der Waals surface area contributed by atoms with Gasteiger partial charge in [-0.05, 0) is 61.5 Å². The number of nitrogens with one attached hydrogen (secondary N) is 1. The second-order valence-corrected chi connectivity index (χ2v) is 9.26. The number of aromatic nitrogens is 1. The van der Waals surface area contributed by atoms with Crippen molar-refractivity contribution >= 4 is 40.1 Å². The SMILES string of the molecule is CCCCN=C(CC1C=CC(CN)=CC1)c1c(N)c(N)nc2cc(CCCNSC)ccc12. The van der Waals surface area contributed by atoms with Crippen LogP contribution in [0, 0.1) is 5.92 Å². The van der Waals surface area contributed by atoms with Gasteiger partial charge < -0.3 is 17.2 Å². The molecular weight excluding hydrogens is 428 g/mol. The van der Waals surface area contributed by atoms with E-state index in [1.54, 1.807) is 11.9 Å². The van der Waals surface area contributed by atoms with E-state index in [-0.39, 0.29) is 0 Å². The lowest BCUT2D eigenvalue weighted by molar-refractivity contribution is 0.678. The van der Waals surface area contributed by atoms with Gasteiger partial charge in [0, 0.05) is 36.3 Å². The van der Waals surface area contributed by atoms with Crippen molar-refractivity contribution in [2.45, 2.75) is 45.4 Å². The van der Waals surface area contributed by atoms with Crippen LogP contribution in [-0.4, -0.2) is 36.6 Å². The Labute approximate surface area is 202 Å². The van der Waals surface area contributed by atoms with Crippen LogP contribution in [0.5, 0.6) is 0 Å². The maximum atomic E-state index is 6.53. The van der Waals surface area contributed by atoms with Crippen molar-refractivity contribution in [3.63, 3.8) is 0 Å². The van der Waals surface area contributed by atoms with Crippen LogP contribution in [0.15, 0.2) is 47.0 Å². The fraction of sp³-hybridized carbons (Fsp3) is 0.462. The monoisotopic (exact) mass is 466 g/mol. The molecule has 7 heteroatoms. The lowest BCUT2D eigenvalue weighted by atomic mass is 9.88. The summed E-state index contributed by atoms with van der Waals surface area (Å²) in [7, 11) is 0. The number of fused-ring (bicyclic) bond motifs is 1. The van der Waals surface area contributed by atoms with E-state index in [0.717, 1.165) is 73.8 Å². The topological polar surface area (TPSA) is 115 Å². The fourth-order valence-electron chi connectivity index (χ4n) is 4.16. The first-order chi connectivity index (χ1) is 16.1. The highest BCUT2D eigenvalue weighted by molar-refractivity contribution is 7.96. The van der Waals surface area contributed by atoms with Crippen LogP contribution in [0.2, 0.25) is 0 Å². The molecule has 0 saturated heterocycles. The standard InChI is InChI=1S/C26H38N6S/c1-3-4-13-30-23(16-19-7-9-20(17-27)10-8-19)24-21-12-11-18(6-5-14-31-33-2)15-22(21)32-26(29)25(24)28/h7,9-12,15,19,31H,3-6,8,13-14,16-17,27-28H2,1-2H3,(H2,29,32). The maximum absolute atomic E-state index is 6.53. The van der Waals surface area contributed by atoms with Gasteiger partial charge in [-0.25, -0.2) is 4.98 Å². The highest BCUT2D eigenvalue weighted by Crippen LogP contribution is 2.32. The van der Waals surface area contributed by atoms with Crippen LogP contribution in [0.25, 0.3) is 10.9 Å². The first kappa shape index (κ1) is 25.3. The maximum Gasteiger partial charge on any atom is 0.148 e. The van der Waals surface area contributed by atoms with Crippen LogP contribution in [0.1, 0.15) is 50.2 Å². The number of nitrogen functional groups attached to an aromatic ring is 2. The molecule has 1 unspecified atom stereocenters. The molecule has 0 fully saturated rings. The summed E-state index contributed by atoms with van der Waals surface area (Å²) in [6.45, 7) is 4.53. The molecule has 33 heavy (non-hydrogen) atoms. The zero-order valence-electron chi connectivity index (χ0n) is 19.9. The quantitative estimate of drug-likeness (QED) is 0.206. The van der Waals surface area contributed by atoms with Gasteiger partial charge in [0.1, 0.15) is 5.82 Å². The van der Waals surface area contributed by atoms with E-state index in [9.17, 15) is 0 Å². The van der Waals surface area contributed by atoms with Gasteiger partial charge >= 0.3 is 0 Å². The van der Waals surface area contributed by atoms with Gasteiger partial charge in [0.05, 0.1) is 11.2 Å². The van der Waals surface area contributed by atoms with E-state index in [1.165, 1.54) is 11.1 Å². The molecule has 0 amide bonds. The van der Waals surface area contributed by atoms with E-state index < -0.39 is 0 Å². The molecule has 0 radical (unpaired) electrons. The van der Waals surface area contributed by atoms with Crippen LogP contribution < -0.4 is 21.9 Å². The number of hydrogen-bond acceptors (Lipinski definition) is 7. The number of pyridine rings is 1. The Kier molecular flexibility index (Phi) is 9.78. The number of hydrogen-bond donors (Lipinski definition) is 4. The number of nitrogens with two attached hydrogens (primary N) is 3. The highest BCUT2D eigenvalue weighted by Gasteiger charge is 2.20. The Bertz CT molecular complexity index is 1030. The zero-order valence-corrected chi connectivity index (χ0v) is 20.8. The summed E-state index contributed by atoms with van der Waals surface area (Å²) in [6.07, 6.45) is 14.7. The van der Waals surface area contributed by atoms with Crippen molar-refractivity contribution < 1.29 is 0 Å². The molecule has 1 heterocycles. The molecule has 2 aromatic rings. The molecule has 1 atom stereocenters. The third-order valence-electron chi connectivity index (χ3n) is 6.07. The Morgan fingerprint density at radius 3 is 2.82 bits per heavy atom. The number of allylic oxidation sites excluding steroid dienone is 2. The second-order valence-electron chi connectivity index (χ2n) is 8.56. The van der Waals surface area contributed by atoms with Gasteiger partial charge in [0.15, 0.2) is 0 Å². The lowest BCUT2D eigenvalue weighted by Crippen LogP contribution is -2.15. The summed E-state index contributed by atoms with van der Waals surface area (Å²) < 4.78 is 3.30. The number of rotatable bonds is 12. The molecule has 6 nitrogen and oxygen atoms in total. The van der Waals surface area contributed by atoms with Crippen molar-refractivity contribution in [3.05, 3.63) is 53.1 Å². The molecule has 178 valence electrons. The predicted octanol–water partition coefficient (Wildman–Crippen LogP) is 4.64. The summed E-state index contributed by atoms with van der Waals surface area (Å²) in [5, 5.41) is 1.03. The third-order valence-corrected chi connectivity index (χ3v) is 6.56. The van der Waals surface area contributed by atoms with Crippen LogP contribution in [-0.2, 0) is 6.42 Å². The van der Waals surface area contributed by atoms with Crippen molar-refractivity contribution in [1.29, 1.82) is 0 Å². The van der Waals surface area contributed by atoms with Gasteiger partial charge in [-0.1, -0.05) is 55.7 Å². The van der Waals surface area contributed by atoms with E-state index in [1.807, 2.05) is 6.26 Å². The number of anilines is 2. The summed E-state index contributed by atoms with van der Waals surface area (Å²) in [6, 6.07) is 6.47. The summed E-state index contributed by atoms with van der Waals surface area (Å²) in [5.41, 5.74) is 24.5. The van der Waals surface area contributed by atoms with E-state index in [2.05, 4.69) is 53.1 Å². The molecule has 3 rings (SSSR count). The predicted molar refractivity (Wildman–Crippen MR) is 146 cm³/mol. The van der Waals surface area contributed by atoms with Crippen LogP contribution in [0.3, 0.4) is 0 Å². The molecule has 1 aliphatic carbocycles. The van der Waals surface area contributed by atoms with Crippen molar-refractivity contribution in [2.75, 3.05) is 37.4 Å². The minimum Gasteiger partial charge on any atom is -0.395 e. The molecular formula is C26H38N6S. The minimum atomic E-state index is 0.368. The van der Waals surface area contributed by atoms with E-state index >= 15 is 0 Å². The first-order valence-electron chi connectivity index (χ1n) is 11.9. The van der Waals surface area contributed by atoms with Gasteiger partial charge in [0.25, 0.3) is 0 Å². The molecule has 1 aromatic carbocycles. The normalized spacial score (nSPS) is 16.4. The van der Waals surface area contributed by atoms with E-state index in [4.69, 9.17) is 22.2 Å². The van der Waals surface area contributed by atoms with Crippen molar-refractivity contribution in [1.82, 2.24) is 9.71 Å². The second kappa shape index (κ2) is 12.8. The van der Waals surface area contributed by atoms with E-state index in [0.29, 0.717) is 24.0 Å². The van der Waals surface area contributed by atoms with Crippen LogP contribution >= 0.6 is 11.9 Å². The molecule has 0 spiro atoms. The van der Waals surface area contributed by atoms with Crippen molar-refractivity contribution in [2.24, 2.45) is 16.6 Å². The molecule has 1 aliphatic rings. The molecule has 1 aromatic heterocycles. The lowest BCUT2D eigenvalue weighted by Gasteiger charge is -2.20. The van der Waals surface area contributed by atoms with Gasteiger partial charge in [-0.15, -0.1) is 0 Å². The number of aliphatic imine (C=N–C) groups is 1. The Hall–Kier alpha value is -2.35. The average Bonchev–Trinajstić information content (AvgIpc) is 2.83. The number of nitrogens with zero attached hydrogens (tertiary/aromatic N) is 2. The van der Waals surface area contributed by atoms with Crippen molar-refractivity contribution in [3.8, 4) is 0 Å². The number of unbranched alkanes of at least 4 members (excludes halogenated alkanes) is 1. The Morgan fingerprint density at radius 2 is 2.12 bits per heavy atom. The summed E-state index contributed by atoms with van der Waals surface area (Å²) in [5.74, 6) is 0.749. The fourth-order valence-corrected chi connectivity index (χ4v) is 4.50. The van der Waals surface area contributed by atoms with Crippen LogP contribution in [0.4, 0.5) is 11.5 Å². The average molecular weight is 467 g/mol. The minimum absolute atomic E-state index is 0.368. The first-order valence-corrected chi connectivity index (χ1v) is 13.1. The largest absolute Gasteiger partial charge is 0.395 e. The van der Waals surface area contributed by atoms with Gasteiger partial charge in [-0.2, -0.15) is 0 Å². The van der Waals surface area contributed by atoms with Gasteiger partial charge in [0.2, 0.25) is 0 Å². The Balaban J connectivity index is 1.95. The summed E-state index contributed by atoms with van der Waals surface area (Å²) in [4.78, 5) is 9.65. The smallest absolute Gasteiger partial charge is 0.148 e. The summed E-state index contributed by atoms with van der Waals surface area (Å²) >= 11 is 1.65. The highest BCUT2D eigenvalue weighted by atomic mass is 32.2.